The number of halogens is 1. The minimum absolute atomic E-state index is 0. The Hall–Kier alpha value is -0.480. The van der Waals surface area contributed by atoms with Crippen LogP contribution in [-0.4, -0.2) is 41.3 Å². The maximum absolute atomic E-state index is 12.1. The van der Waals surface area contributed by atoms with Gasteiger partial charge in [0.1, 0.15) is 5.60 Å². The fourth-order valence-electron chi connectivity index (χ4n) is 1.74. The molecule has 17 heavy (non-hydrogen) atoms. The number of nitrogens with zero attached hydrogens (tertiary/aromatic N) is 1. The molecule has 1 amide bonds. The molecule has 1 heterocycles. The zero-order valence-electron chi connectivity index (χ0n) is 11.7. The summed E-state index contributed by atoms with van der Waals surface area (Å²) in [6.07, 6.45) is -0.217. The molecule has 0 aromatic rings. The summed E-state index contributed by atoms with van der Waals surface area (Å²) in [7, 11) is 0. The van der Waals surface area contributed by atoms with Crippen molar-refractivity contribution in [1.82, 2.24) is 10.2 Å². The number of nitrogens with one attached hydrogen (secondary N) is 1. The number of carbonyl (C=O) groups is 1. The number of rotatable bonds is 0. The van der Waals surface area contributed by atoms with E-state index in [4.69, 9.17) is 4.74 Å². The van der Waals surface area contributed by atoms with E-state index in [0.29, 0.717) is 12.6 Å². The quantitative estimate of drug-likeness (QED) is 0.731. The predicted octanol–water partition coefficient (Wildman–Crippen LogP) is 2.42. The van der Waals surface area contributed by atoms with E-state index >= 15 is 0 Å². The molecule has 4 nitrogen and oxygen atoms in total. The van der Waals surface area contributed by atoms with Crippen molar-refractivity contribution in [3.05, 3.63) is 0 Å². The number of hydrogen-bond donors (Lipinski definition) is 1. The third-order valence-electron chi connectivity index (χ3n) is 2.68. The van der Waals surface area contributed by atoms with Crippen molar-refractivity contribution in [2.45, 2.75) is 58.7 Å². The standard InChI is InChI=1S/C12H24N2O2.ClH/c1-9-7-14(12(5,6)8-13-9)10(15)16-11(2,3)4;/h9,13H,7-8H2,1-6H3;1H. The van der Waals surface area contributed by atoms with Crippen LogP contribution in [0.1, 0.15) is 41.5 Å². The second-order valence-corrected chi connectivity index (χ2v) is 6.19. The van der Waals surface area contributed by atoms with Gasteiger partial charge in [-0.25, -0.2) is 4.79 Å². The molecule has 0 radical (unpaired) electrons. The minimum atomic E-state index is -0.429. The summed E-state index contributed by atoms with van der Waals surface area (Å²) < 4.78 is 5.42. The predicted molar refractivity (Wildman–Crippen MR) is 71.7 cm³/mol. The normalized spacial score (nSPS) is 23.9. The molecule has 1 saturated heterocycles. The average molecular weight is 265 g/mol. The SMILES string of the molecule is CC1CN(C(=O)OC(C)(C)C)C(C)(C)CN1.Cl. The highest BCUT2D eigenvalue weighted by molar-refractivity contribution is 5.85. The van der Waals surface area contributed by atoms with Crippen LogP contribution in [0, 0.1) is 0 Å². The summed E-state index contributed by atoms with van der Waals surface area (Å²) in [4.78, 5) is 13.9. The molecule has 0 aromatic carbocycles. The smallest absolute Gasteiger partial charge is 0.410 e. The lowest BCUT2D eigenvalue weighted by Gasteiger charge is -2.45. The van der Waals surface area contributed by atoms with E-state index < -0.39 is 5.60 Å². The van der Waals surface area contributed by atoms with Gasteiger partial charge in [-0.05, 0) is 41.5 Å². The largest absolute Gasteiger partial charge is 0.444 e. The van der Waals surface area contributed by atoms with Crippen LogP contribution in [-0.2, 0) is 4.74 Å². The highest BCUT2D eigenvalue weighted by atomic mass is 35.5. The van der Waals surface area contributed by atoms with Gasteiger partial charge in [-0.2, -0.15) is 0 Å². The molecule has 0 aromatic heterocycles. The number of piperazine rings is 1. The second kappa shape index (κ2) is 5.44. The number of ether oxygens (including phenoxy) is 1. The van der Waals surface area contributed by atoms with Gasteiger partial charge in [0.25, 0.3) is 0 Å². The van der Waals surface area contributed by atoms with E-state index in [0.717, 1.165) is 6.54 Å². The van der Waals surface area contributed by atoms with Gasteiger partial charge >= 0.3 is 6.09 Å². The Morgan fingerprint density at radius 3 is 2.41 bits per heavy atom. The highest BCUT2D eigenvalue weighted by Gasteiger charge is 2.37. The molecule has 1 atom stereocenters. The van der Waals surface area contributed by atoms with Gasteiger partial charge in [0.2, 0.25) is 0 Å². The summed E-state index contributed by atoms with van der Waals surface area (Å²) in [5.41, 5.74) is -0.615. The molecule has 1 N–H and O–H groups in total. The highest BCUT2D eigenvalue weighted by Crippen LogP contribution is 2.21. The van der Waals surface area contributed by atoms with Crippen molar-refractivity contribution in [3.8, 4) is 0 Å². The van der Waals surface area contributed by atoms with Gasteiger partial charge < -0.3 is 15.0 Å². The average Bonchev–Trinajstić information content (AvgIpc) is 2.06. The van der Waals surface area contributed by atoms with E-state index in [1.54, 1.807) is 0 Å². The van der Waals surface area contributed by atoms with Crippen molar-refractivity contribution >= 4 is 18.5 Å². The third-order valence-corrected chi connectivity index (χ3v) is 2.68. The van der Waals surface area contributed by atoms with Crippen molar-refractivity contribution in [2.24, 2.45) is 0 Å². The fourth-order valence-corrected chi connectivity index (χ4v) is 1.74. The zero-order chi connectivity index (χ0) is 12.6. The third kappa shape index (κ3) is 4.72. The Kier molecular flexibility index (Phi) is 5.29. The van der Waals surface area contributed by atoms with E-state index in [9.17, 15) is 4.79 Å². The van der Waals surface area contributed by atoms with Crippen LogP contribution in [0.3, 0.4) is 0 Å². The molecule has 0 saturated carbocycles. The molecule has 1 rings (SSSR count). The first-order valence-electron chi connectivity index (χ1n) is 5.86. The summed E-state index contributed by atoms with van der Waals surface area (Å²) in [5.74, 6) is 0. The Bertz CT molecular complexity index is 274. The van der Waals surface area contributed by atoms with Gasteiger partial charge in [0, 0.05) is 19.1 Å². The van der Waals surface area contributed by atoms with Crippen molar-refractivity contribution in [3.63, 3.8) is 0 Å². The maximum atomic E-state index is 12.1. The molecule has 1 aliphatic heterocycles. The molecule has 1 aliphatic rings. The van der Waals surface area contributed by atoms with Crippen LogP contribution in [0.25, 0.3) is 0 Å². The Labute approximate surface area is 110 Å². The lowest BCUT2D eigenvalue weighted by Crippen LogP contribution is -2.63. The Morgan fingerprint density at radius 2 is 1.94 bits per heavy atom. The lowest BCUT2D eigenvalue weighted by molar-refractivity contribution is -0.00798. The van der Waals surface area contributed by atoms with Gasteiger partial charge in [-0.3, -0.25) is 0 Å². The van der Waals surface area contributed by atoms with Crippen LogP contribution in [0.2, 0.25) is 0 Å². The molecule has 1 fully saturated rings. The lowest BCUT2D eigenvalue weighted by atomic mass is 9.98. The van der Waals surface area contributed by atoms with Crippen molar-refractivity contribution in [2.75, 3.05) is 13.1 Å². The minimum Gasteiger partial charge on any atom is -0.444 e. The summed E-state index contributed by atoms with van der Waals surface area (Å²) in [6, 6.07) is 0.320. The molecule has 0 spiro atoms. The Balaban J connectivity index is 0.00000256. The van der Waals surface area contributed by atoms with Crippen LogP contribution < -0.4 is 5.32 Å². The molecule has 0 aliphatic carbocycles. The van der Waals surface area contributed by atoms with Crippen LogP contribution in [0.4, 0.5) is 4.79 Å². The topological polar surface area (TPSA) is 41.6 Å². The first-order chi connectivity index (χ1) is 7.12. The summed E-state index contributed by atoms with van der Waals surface area (Å²) in [5, 5.41) is 3.37. The van der Waals surface area contributed by atoms with Gasteiger partial charge in [-0.15, -0.1) is 12.4 Å². The molecular formula is C12H25ClN2O2. The number of amides is 1. The zero-order valence-corrected chi connectivity index (χ0v) is 12.5. The molecule has 0 bridgehead atoms. The van der Waals surface area contributed by atoms with E-state index in [-0.39, 0.29) is 24.0 Å². The van der Waals surface area contributed by atoms with Crippen LogP contribution in [0.5, 0.6) is 0 Å². The molecule has 102 valence electrons. The molecule has 5 heteroatoms. The molecular weight excluding hydrogens is 240 g/mol. The van der Waals surface area contributed by atoms with E-state index in [1.807, 2.05) is 25.7 Å². The summed E-state index contributed by atoms with van der Waals surface area (Å²) in [6.45, 7) is 13.4. The van der Waals surface area contributed by atoms with Crippen LogP contribution >= 0.6 is 12.4 Å². The first-order valence-corrected chi connectivity index (χ1v) is 5.86. The number of carbonyl (C=O) groups excluding carboxylic acids is 1. The Morgan fingerprint density at radius 1 is 1.41 bits per heavy atom. The van der Waals surface area contributed by atoms with Crippen molar-refractivity contribution in [1.29, 1.82) is 0 Å². The van der Waals surface area contributed by atoms with Crippen molar-refractivity contribution < 1.29 is 9.53 Å². The summed E-state index contributed by atoms with van der Waals surface area (Å²) >= 11 is 0. The maximum Gasteiger partial charge on any atom is 0.410 e. The number of hydrogen-bond acceptors (Lipinski definition) is 3. The second-order valence-electron chi connectivity index (χ2n) is 6.19. The molecule has 1 unspecified atom stereocenters. The van der Waals surface area contributed by atoms with Gasteiger partial charge in [0.15, 0.2) is 0 Å². The van der Waals surface area contributed by atoms with Gasteiger partial charge in [-0.1, -0.05) is 0 Å². The van der Waals surface area contributed by atoms with Gasteiger partial charge in [0.05, 0.1) is 5.54 Å². The monoisotopic (exact) mass is 264 g/mol. The fraction of sp³-hybridized carbons (Fsp3) is 0.917. The van der Waals surface area contributed by atoms with E-state index in [2.05, 4.69) is 26.1 Å². The first kappa shape index (κ1) is 16.5. The van der Waals surface area contributed by atoms with Crippen LogP contribution in [0.15, 0.2) is 0 Å². The van der Waals surface area contributed by atoms with E-state index in [1.165, 1.54) is 0 Å².